The summed E-state index contributed by atoms with van der Waals surface area (Å²) in [6, 6.07) is 7.88. The predicted molar refractivity (Wildman–Crippen MR) is 68.2 cm³/mol. The first kappa shape index (κ1) is 10.8. The summed E-state index contributed by atoms with van der Waals surface area (Å²) in [5.74, 6) is 1.67. The number of alkyl halides is 1. The second kappa shape index (κ2) is 3.60. The third-order valence-corrected chi connectivity index (χ3v) is 3.52. The highest BCUT2D eigenvalue weighted by atomic mass is 79.9. The maximum Gasteiger partial charge on any atom is 0.178 e. The van der Waals surface area contributed by atoms with Gasteiger partial charge in [-0.3, -0.25) is 0 Å². The molecule has 0 unspecified atom stereocenters. The molecule has 3 rings (SSSR count). The Kier molecular flexibility index (Phi) is 2.30. The Hall–Kier alpha value is -1.29. The van der Waals surface area contributed by atoms with Gasteiger partial charge in [0.05, 0.1) is 11.1 Å². The molecule has 0 bridgehead atoms. The van der Waals surface area contributed by atoms with Crippen LogP contribution in [0.5, 0.6) is 5.75 Å². The lowest BCUT2D eigenvalue weighted by atomic mass is 9.90. The van der Waals surface area contributed by atoms with Crippen LogP contribution in [0.3, 0.4) is 0 Å². The molecule has 17 heavy (non-hydrogen) atoms. The van der Waals surface area contributed by atoms with Crippen LogP contribution in [0.2, 0.25) is 0 Å². The second-order valence-electron chi connectivity index (χ2n) is 4.58. The summed E-state index contributed by atoms with van der Waals surface area (Å²) in [7, 11) is 0. The maximum absolute atomic E-state index is 6.03. The fourth-order valence-corrected chi connectivity index (χ4v) is 2.67. The quantitative estimate of drug-likeness (QED) is 0.749. The summed E-state index contributed by atoms with van der Waals surface area (Å²) < 4.78 is 11.5. The number of halogens is 1. The molecular formula is C13H12BrNO2. The molecule has 0 fully saturated rings. The number of nitrogens with zero attached hydrogens (tertiary/aromatic N) is 1. The number of benzene rings is 1. The smallest absolute Gasteiger partial charge is 0.178 e. The predicted octanol–water partition coefficient (Wildman–Crippen LogP) is 3.86. The average molecular weight is 294 g/mol. The molecule has 0 saturated carbocycles. The first-order valence-corrected chi connectivity index (χ1v) is 6.59. The topological polar surface area (TPSA) is 35.3 Å². The van der Waals surface area contributed by atoms with E-state index in [9.17, 15) is 0 Å². The van der Waals surface area contributed by atoms with Gasteiger partial charge in [-0.05, 0) is 26.0 Å². The van der Waals surface area contributed by atoms with E-state index < -0.39 is 5.60 Å². The minimum atomic E-state index is -0.410. The molecule has 0 radical (unpaired) electrons. The molecule has 4 heteroatoms. The minimum absolute atomic E-state index is 0.410. The largest absolute Gasteiger partial charge is 0.482 e. The highest BCUT2D eigenvalue weighted by Gasteiger charge is 2.38. The number of hydrogen-bond acceptors (Lipinski definition) is 3. The fourth-order valence-electron chi connectivity index (χ4n) is 2.29. The van der Waals surface area contributed by atoms with Gasteiger partial charge in [0.2, 0.25) is 0 Å². The minimum Gasteiger partial charge on any atom is -0.482 e. The zero-order valence-electron chi connectivity index (χ0n) is 9.66. The van der Waals surface area contributed by atoms with Crippen LogP contribution in [-0.2, 0) is 10.9 Å². The molecule has 0 aliphatic carbocycles. The van der Waals surface area contributed by atoms with Gasteiger partial charge in [0.1, 0.15) is 17.0 Å². The normalized spacial score (nSPS) is 15.9. The Morgan fingerprint density at radius 3 is 2.82 bits per heavy atom. The molecular weight excluding hydrogens is 282 g/mol. The monoisotopic (exact) mass is 293 g/mol. The fraction of sp³-hybridized carbons (Fsp3) is 0.308. The summed E-state index contributed by atoms with van der Waals surface area (Å²) in [5.41, 5.74) is 2.50. The van der Waals surface area contributed by atoms with Gasteiger partial charge >= 0.3 is 0 Å². The number of ether oxygens (including phenoxy) is 1. The van der Waals surface area contributed by atoms with E-state index in [1.807, 2.05) is 38.1 Å². The van der Waals surface area contributed by atoms with E-state index in [1.165, 1.54) is 0 Å². The van der Waals surface area contributed by atoms with Crippen molar-refractivity contribution in [3.05, 3.63) is 35.5 Å². The molecule has 1 aromatic carbocycles. The number of rotatable bonds is 1. The third-order valence-electron chi connectivity index (χ3n) is 2.99. The van der Waals surface area contributed by atoms with Gasteiger partial charge in [-0.2, -0.15) is 0 Å². The molecule has 0 atom stereocenters. The van der Waals surface area contributed by atoms with Crippen molar-refractivity contribution in [2.75, 3.05) is 0 Å². The van der Waals surface area contributed by atoms with E-state index in [1.54, 1.807) is 0 Å². The van der Waals surface area contributed by atoms with Crippen LogP contribution < -0.4 is 4.74 Å². The van der Waals surface area contributed by atoms with Gasteiger partial charge < -0.3 is 9.26 Å². The van der Waals surface area contributed by atoms with Crippen LogP contribution >= 0.6 is 15.9 Å². The van der Waals surface area contributed by atoms with Crippen LogP contribution in [0.4, 0.5) is 0 Å². The van der Waals surface area contributed by atoms with E-state index in [0.29, 0.717) is 5.33 Å². The van der Waals surface area contributed by atoms with Crippen LogP contribution in [0.25, 0.3) is 11.3 Å². The van der Waals surface area contributed by atoms with Crippen molar-refractivity contribution < 1.29 is 9.26 Å². The van der Waals surface area contributed by atoms with Crippen molar-refractivity contribution in [2.45, 2.75) is 24.8 Å². The number of fused-ring (bicyclic) bond motifs is 3. The molecule has 0 saturated heterocycles. The van der Waals surface area contributed by atoms with E-state index in [2.05, 4.69) is 21.1 Å². The highest BCUT2D eigenvalue weighted by Crippen LogP contribution is 2.46. The Morgan fingerprint density at radius 2 is 2.06 bits per heavy atom. The molecule has 88 valence electrons. The summed E-state index contributed by atoms with van der Waals surface area (Å²) >= 11 is 3.43. The zero-order chi connectivity index (χ0) is 12.0. The number of aromatic nitrogens is 1. The molecule has 2 heterocycles. The first-order valence-electron chi connectivity index (χ1n) is 5.47. The van der Waals surface area contributed by atoms with Crippen LogP contribution in [0.1, 0.15) is 25.1 Å². The summed E-state index contributed by atoms with van der Waals surface area (Å²) in [4.78, 5) is 0. The molecule has 3 nitrogen and oxygen atoms in total. The lowest BCUT2D eigenvalue weighted by Gasteiger charge is -2.31. The molecule has 1 aliphatic rings. The first-order chi connectivity index (χ1) is 8.13. The summed E-state index contributed by atoms with van der Waals surface area (Å²) in [6.07, 6.45) is 0. The van der Waals surface area contributed by atoms with Gasteiger partial charge in [0.25, 0.3) is 0 Å². The second-order valence-corrected chi connectivity index (χ2v) is 5.14. The molecule has 2 aromatic rings. The van der Waals surface area contributed by atoms with Crippen molar-refractivity contribution in [1.29, 1.82) is 0 Å². The van der Waals surface area contributed by atoms with Crippen molar-refractivity contribution in [3.63, 3.8) is 0 Å². The Balaban J connectivity index is 2.31. The Morgan fingerprint density at radius 1 is 1.29 bits per heavy atom. The van der Waals surface area contributed by atoms with Crippen LogP contribution in [0.15, 0.2) is 28.8 Å². The standard InChI is InChI=1S/C13H12BrNO2/c1-13(2)11-9(7-14)15-17-12(11)8-5-3-4-6-10(8)16-13/h3-6H,7H2,1-2H3. The molecule has 0 N–H and O–H groups in total. The van der Waals surface area contributed by atoms with Gasteiger partial charge in [-0.15, -0.1) is 0 Å². The van der Waals surface area contributed by atoms with E-state index in [0.717, 1.165) is 28.3 Å². The Bertz CT molecular complexity index is 575. The van der Waals surface area contributed by atoms with Gasteiger partial charge in [-0.25, -0.2) is 0 Å². The summed E-state index contributed by atoms with van der Waals surface area (Å²) in [6.45, 7) is 4.07. The highest BCUT2D eigenvalue weighted by molar-refractivity contribution is 9.08. The zero-order valence-corrected chi connectivity index (χ0v) is 11.2. The molecule has 0 amide bonds. The lowest BCUT2D eigenvalue weighted by Crippen LogP contribution is -2.29. The van der Waals surface area contributed by atoms with Crippen molar-refractivity contribution >= 4 is 15.9 Å². The van der Waals surface area contributed by atoms with Gasteiger partial charge in [0.15, 0.2) is 5.76 Å². The molecule has 0 spiro atoms. The van der Waals surface area contributed by atoms with Crippen LogP contribution in [0, 0.1) is 0 Å². The van der Waals surface area contributed by atoms with E-state index >= 15 is 0 Å². The van der Waals surface area contributed by atoms with Crippen molar-refractivity contribution in [3.8, 4) is 17.1 Å². The van der Waals surface area contributed by atoms with E-state index in [-0.39, 0.29) is 0 Å². The third kappa shape index (κ3) is 1.51. The molecule has 1 aliphatic heterocycles. The molecule has 1 aromatic heterocycles. The SMILES string of the molecule is CC1(C)Oc2ccccc2-c2onc(CBr)c21. The maximum atomic E-state index is 6.03. The van der Waals surface area contributed by atoms with E-state index in [4.69, 9.17) is 9.26 Å². The van der Waals surface area contributed by atoms with Gasteiger partial charge in [0, 0.05) is 5.33 Å². The van der Waals surface area contributed by atoms with Crippen molar-refractivity contribution in [2.24, 2.45) is 0 Å². The number of hydrogen-bond donors (Lipinski definition) is 0. The van der Waals surface area contributed by atoms with Crippen LogP contribution in [-0.4, -0.2) is 5.16 Å². The summed E-state index contributed by atoms with van der Waals surface area (Å²) in [5, 5.41) is 4.78. The van der Waals surface area contributed by atoms with Crippen molar-refractivity contribution in [1.82, 2.24) is 5.16 Å². The Labute approximate surface area is 108 Å². The van der Waals surface area contributed by atoms with Gasteiger partial charge in [-0.1, -0.05) is 33.2 Å². The lowest BCUT2D eigenvalue weighted by molar-refractivity contribution is 0.103. The average Bonchev–Trinajstić information content (AvgIpc) is 2.73. The number of para-hydroxylation sites is 1.